The van der Waals surface area contributed by atoms with E-state index in [1.165, 1.54) is 6.07 Å². The van der Waals surface area contributed by atoms with Crippen LogP contribution in [0.2, 0.25) is 0 Å². The van der Waals surface area contributed by atoms with E-state index in [0.717, 1.165) is 12.5 Å². The predicted octanol–water partition coefficient (Wildman–Crippen LogP) is 3.50. The first-order chi connectivity index (χ1) is 7.91. The standard InChI is InChI=1S/C12H17FN2O2/c1-8(2)4-5-14-11-6-9(3)10(13)7-12(11)15(16)17/h6-8,14H,4-5H2,1-3H3. The minimum atomic E-state index is -0.569. The highest BCUT2D eigenvalue weighted by Gasteiger charge is 2.16. The average Bonchev–Trinajstić information content (AvgIpc) is 2.22. The maximum absolute atomic E-state index is 13.2. The highest BCUT2D eigenvalue weighted by Crippen LogP contribution is 2.27. The van der Waals surface area contributed by atoms with Crippen molar-refractivity contribution in [3.8, 4) is 0 Å². The van der Waals surface area contributed by atoms with Gasteiger partial charge in [-0.2, -0.15) is 0 Å². The molecule has 1 aromatic rings. The van der Waals surface area contributed by atoms with Gasteiger partial charge in [0.1, 0.15) is 11.5 Å². The number of nitrogens with one attached hydrogen (secondary N) is 1. The van der Waals surface area contributed by atoms with Crippen molar-refractivity contribution >= 4 is 11.4 Å². The van der Waals surface area contributed by atoms with Crippen LogP contribution in [-0.4, -0.2) is 11.5 Å². The second-order valence-electron chi connectivity index (χ2n) is 4.48. The van der Waals surface area contributed by atoms with Gasteiger partial charge in [-0.3, -0.25) is 10.1 Å². The Kier molecular flexibility index (Phi) is 4.43. The van der Waals surface area contributed by atoms with Gasteiger partial charge < -0.3 is 5.32 Å². The van der Waals surface area contributed by atoms with Crippen molar-refractivity contribution in [1.82, 2.24) is 0 Å². The second-order valence-corrected chi connectivity index (χ2v) is 4.48. The van der Waals surface area contributed by atoms with Crippen LogP contribution in [0.4, 0.5) is 15.8 Å². The molecule has 0 saturated heterocycles. The highest BCUT2D eigenvalue weighted by atomic mass is 19.1. The van der Waals surface area contributed by atoms with Crippen LogP contribution in [0, 0.1) is 28.8 Å². The molecule has 0 spiro atoms. The summed E-state index contributed by atoms with van der Waals surface area (Å²) in [4.78, 5) is 10.2. The smallest absolute Gasteiger partial charge is 0.295 e. The van der Waals surface area contributed by atoms with Gasteiger partial charge in [-0.25, -0.2) is 4.39 Å². The lowest BCUT2D eigenvalue weighted by atomic mass is 10.1. The lowest BCUT2D eigenvalue weighted by molar-refractivity contribution is -0.384. The van der Waals surface area contributed by atoms with Crippen molar-refractivity contribution in [2.24, 2.45) is 5.92 Å². The fraction of sp³-hybridized carbons (Fsp3) is 0.500. The van der Waals surface area contributed by atoms with Gasteiger partial charge in [-0.1, -0.05) is 13.8 Å². The average molecular weight is 240 g/mol. The zero-order chi connectivity index (χ0) is 13.0. The van der Waals surface area contributed by atoms with E-state index in [0.29, 0.717) is 23.7 Å². The summed E-state index contributed by atoms with van der Waals surface area (Å²) in [6.07, 6.45) is 0.910. The molecule has 0 saturated carbocycles. The van der Waals surface area contributed by atoms with Crippen LogP contribution in [0.25, 0.3) is 0 Å². The zero-order valence-corrected chi connectivity index (χ0v) is 10.3. The van der Waals surface area contributed by atoms with E-state index in [1.807, 2.05) is 0 Å². The third-order valence-corrected chi connectivity index (χ3v) is 2.51. The van der Waals surface area contributed by atoms with Crippen molar-refractivity contribution in [2.45, 2.75) is 27.2 Å². The van der Waals surface area contributed by atoms with E-state index in [-0.39, 0.29) is 5.69 Å². The third kappa shape index (κ3) is 3.69. The van der Waals surface area contributed by atoms with Crippen LogP contribution in [-0.2, 0) is 0 Å². The molecule has 17 heavy (non-hydrogen) atoms. The molecule has 5 heteroatoms. The van der Waals surface area contributed by atoms with Gasteiger partial charge in [0.15, 0.2) is 0 Å². The Labute approximate surface area is 100.0 Å². The van der Waals surface area contributed by atoms with Crippen molar-refractivity contribution in [3.63, 3.8) is 0 Å². The molecule has 0 aromatic heterocycles. The summed E-state index contributed by atoms with van der Waals surface area (Å²) in [5.74, 6) is -0.0331. The molecular weight excluding hydrogens is 223 g/mol. The van der Waals surface area contributed by atoms with E-state index < -0.39 is 10.7 Å². The van der Waals surface area contributed by atoms with Gasteiger partial charge in [-0.05, 0) is 30.9 Å². The number of benzene rings is 1. The number of nitro benzene ring substituents is 1. The number of nitro groups is 1. The van der Waals surface area contributed by atoms with Crippen LogP contribution in [0.5, 0.6) is 0 Å². The molecule has 0 aliphatic rings. The SMILES string of the molecule is Cc1cc(NCCC(C)C)c([N+](=O)[O-])cc1F. The molecular formula is C12H17FN2O2. The monoisotopic (exact) mass is 240 g/mol. The number of halogens is 1. The van der Waals surface area contributed by atoms with Gasteiger partial charge in [-0.15, -0.1) is 0 Å². The van der Waals surface area contributed by atoms with Gasteiger partial charge in [0.2, 0.25) is 0 Å². The fourth-order valence-electron chi connectivity index (χ4n) is 1.46. The number of anilines is 1. The first-order valence-electron chi connectivity index (χ1n) is 5.60. The van der Waals surface area contributed by atoms with Gasteiger partial charge in [0, 0.05) is 6.54 Å². The number of nitrogens with zero attached hydrogens (tertiary/aromatic N) is 1. The first-order valence-corrected chi connectivity index (χ1v) is 5.60. The maximum atomic E-state index is 13.2. The van der Waals surface area contributed by atoms with Gasteiger partial charge in [0.25, 0.3) is 5.69 Å². The largest absolute Gasteiger partial charge is 0.379 e. The lowest BCUT2D eigenvalue weighted by Gasteiger charge is -2.10. The normalized spacial score (nSPS) is 10.6. The van der Waals surface area contributed by atoms with Crippen molar-refractivity contribution in [3.05, 3.63) is 33.6 Å². The molecule has 1 rings (SSSR count). The molecule has 0 radical (unpaired) electrons. The van der Waals surface area contributed by atoms with Crippen LogP contribution in [0.1, 0.15) is 25.8 Å². The van der Waals surface area contributed by atoms with Crippen molar-refractivity contribution in [2.75, 3.05) is 11.9 Å². The van der Waals surface area contributed by atoms with E-state index in [9.17, 15) is 14.5 Å². The topological polar surface area (TPSA) is 55.2 Å². The summed E-state index contributed by atoms with van der Waals surface area (Å²) in [5, 5.41) is 13.8. The van der Waals surface area contributed by atoms with Crippen molar-refractivity contribution < 1.29 is 9.31 Å². The van der Waals surface area contributed by atoms with Crippen LogP contribution < -0.4 is 5.32 Å². The molecule has 4 nitrogen and oxygen atoms in total. The molecule has 0 fully saturated rings. The minimum Gasteiger partial charge on any atom is -0.379 e. The molecule has 1 aromatic carbocycles. The molecule has 0 atom stereocenters. The molecule has 0 amide bonds. The number of hydrogen-bond acceptors (Lipinski definition) is 3. The van der Waals surface area contributed by atoms with Gasteiger partial charge >= 0.3 is 0 Å². The summed E-state index contributed by atoms with van der Waals surface area (Å²) in [5.41, 5.74) is 0.578. The molecule has 1 N–H and O–H groups in total. The number of aryl methyl sites for hydroxylation is 1. The number of hydrogen-bond donors (Lipinski definition) is 1. The number of rotatable bonds is 5. The van der Waals surface area contributed by atoms with E-state index in [2.05, 4.69) is 19.2 Å². The lowest BCUT2D eigenvalue weighted by Crippen LogP contribution is -2.07. The van der Waals surface area contributed by atoms with Crippen LogP contribution >= 0.6 is 0 Å². The first kappa shape index (κ1) is 13.4. The molecule has 94 valence electrons. The maximum Gasteiger partial charge on any atom is 0.295 e. The summed E-state index contributed by atoms with van der Waals surface area (Å²) >= 11 is 0. The van der Waals surface area contributed by atoms with Gasteiger partial charge in [0.05, 0.1) is 11.0 Å². The minimum absolute atomic E-state index is 0.211. The quantitative estimate of drug-likeness (QED) is 0.633. The second kappa shape index (κ2) is 5.61. The van der Waals surface area contributed by atoms with E-state index in [4.69, 9.17) is 0 Å². The summed E-state index contributed by atoms with van der Waals surface area (Å²) in [7, 11) is 0. The summed E-state index contributed by atoms with van der Waals surface area (Å²) in [6.45, 7) is 6.38. The Morgan fingerprint density at radius 1 is 1.47 bits per heavy atom. The Balaban J connectivity index is 2.89. The molecule has 0 aliphatic carbocycles. The fourth-order valence-corrected chi connectivity index (χ4v) is 1.46. The summed E-state index contributed by atoms with van der Waals surface area (Å²) < 4.78 is 13.2. The van der Waals surface area contributed by atoms with Crippen molar-refractivity contribution in [1.29, 1.82) is 0 Å². The van der Waals surface area contributed by atoms with Crippen LogP contribution in [0.3, 0.4) is 0 Å². The Morgan fingerprint density at radius 2 is 2.12 bits per heavy atom. The molecule has 0 aliphatic heterocycles. The predicted molar refractivity (Wildman–Crippen MR) is 65.7 cm³/mol. The Morgan fingerprint density at radius 3 is 2.65 bits per heavy atom. The van der Waals surface area contributed by atoms with E-state index in [1.54, 1.807) is 6.92 Å². The highest BCUT2D eigenvalue weighted by molar-refractivity contribution is 5.63. The molecule has 0 unspecified atom stereocenters. The zero-order valence-electron chi connectivity index (χ0n) is 10.3. The Bertz CT molecular complexity index is 419. The van der Waals surface area contributed by atoms with Crippen LogP contribution in [0.15, 0.2) is 12.1 Å². The third-order valence-electron chi connectivity index (χ3n) is 2.51. The van der Waals surface area contributed by atoms with E-state index >= 15 is 0 Å². The summed E-state index contributed by atoms with van der Waals surface area (Å²) in [6, 6.07) is 2.45. The molecule has 0 heterocycles. The molecule has 0 bridgehead atoms. The Hall–Kier alpha value is -1.65.